The van der Waals surface area contributed by atoms with Crippen molar-refractivity contribution >= 4 is 31.5 Å². The van der Waals surface area contributed by atoms with Crippen molar-refractivity contribution in [3.8, 4) is 0 Å². The Morgan fingerprint density at radius 2 is 1.56 bits per heavy atom. The molecule has 1 aromatic heterocycles. The zero-order valence-electron chi connectivity index (χ0n) is 16.5. The highest BCUT2D eigenvalue weighted by Crippen LogP contribution is 2.32. The van der Waals surface area contributed by atoms with Crippen LogP contribution in [0.5, 0.6) is 0 Å². The Balaban J connectivity index is 2.42. The first-order chi connectivity index (χ1) is 11.6. The van der Waals surface area contributed by atoms with E-state index in [9.17, 15) is 0 Å². The van der Waals surface area contributed by atoms with Gasteiger partial charge in [0.05, 0.1) is 10.9 Å². The molecule has 3 aromatic rings. The van der Waals surface area contributed by atoms with Gasteiger partial charge in [0.25, 0.3) is 0 Å². The molecule has 25 heavy (non-hydrogen) atoms. The third kappa shape index (κ3) is 3.79. The summed E-state index contributed by atoms with van der Waals surface area (Å²) in [7, 11) is 0. The van der Waals surface area contributed by atoms with Gasteiger partial charge in [-0.3, -0.25) is 4.99 Å². The maximum absolute atomic E-state index is 5.31. The topological polar surface area (TPSA) is 12.4 Å². The molecule has 2 aromatic carbocycles. The van der Waals surface area contributed by atoms with E-state index in [1.807, 2.05) is 11.3 Å². The highest BCUT2D eigenvalue weighted by Gasteiger charge is 2.25. The van der Waals surface area contributed by atoms with Crippen molar-refractivity contribution in [3.63, 3.8) is 0 Å². The molecule has 0 unspecified atom stereocenters. The molecule has 0 radical (unpaired) electrons. The van der Waals surface area contributed by atoms with Crippen LogP contribution in [0.25, 0.3) is 20.2 Å². The van der Waals surface area contributed by atoms with E-state index in [0.717, 1.165) is 11.8 Å². The normalized spacial score (nSPS) is 13.8. The number of nitrogens with zero attached hydrogens (tertiary/aromatic N) is 1. The van der Waals surface area contributed by atoms with Crippen LogP contribution >= 0.6 is 11.3 Å². The quantitative estimate of drug-likeness (QED) is 0.451. The fourth-order valence-corrected chi connectivity index (χ4v) is 5.10. The molecule has 0 N–H and O–H groups in total. The smallest absolute Gasteiger partial charge is 0.0754 e. The van der Waals surface area contributed by atoms with Gasteiger partial charge >= 0.3 is 0 Å². The van der Waals surface area contributed by atoms with Crippen molar-refractivity contribution in [3.05, 3.63) is 52.9 Å². The summed E-state index contributed by atoms with van der Waals surface area (Å²) in [6, 6.07) is 13.2. The lowest BCUT2D eigenvalue weighted by Crippen LogP contribution is -2.28. The molecule has 0 aliphatic heterocycles. The maximum atomic E-state index is 5.31. The molecule has 0 fully saturated rings. The van der Waals surface area contributed by atoms with Gasteiger partial charge in [0, 0.05) is 20.2 Å². The molecule has 0 amide bonds. The molecular weight excluding hydrogens is 322 g/mol. The number of fused-ring (bicyclic) bond motifs is 2. The van der Waals surface area contributed by atoms with E-state index < -0.39 is 0 Å². The van der Waals surface area contributed by atoms with Crippen LogP contribution in [0.1, 0.15) is 52.2 Å². The first-order valence-electron chi connectivity index (χ1n) is 9.05. The summed E-state index contributed by atoms with van der Waals surface area (Å²) in [5.41, 5.74) is 2.87. The molecule has 2 heteroatoms. The first kappa shape index (κ1) is 18.1. The Labute approximate surface area is 155 Å². The van der Waals surface area contributed by atoms with Gasteiger partial charge < -0.3 is 0 Å². The summed E-state index contributed by atoms with van der Waals surface area (Å²) in [5.74, 6) is 0. The molecule has 1 heterocycles. The minimum Gasteiger partial charge on any atom is -0.278 e. The highest BCUT2D eigenvalue weighted by molar-refractivity contribution is 7.24. The van der Waals surface area contributed by atoms with Gasteiger partial charge in [-0.2, -0.15) is 0 Å². The van der Waals surface area contributed by atoms with Crippen molar-refractivity contribution in [2.24, 2.45) is 10.4 Å². The minimum absolute atomic E-state index is 0.0985. The molecular formula is C23H29NS. The maximum Gasteiger partial charge on any atom is 0.0754 e. The van der Waals surface area contributed by atoms with Crippen molar-refractivity contribution in [1.82, 2.24) is 0 Å². The number of hydrogen-bond donors (Lipinski definition) is 0. The van der Waals surface area contributed by atoms with Crippen LogP contribution in [-0.2, 0) is 0 Å². The van der Waals surface area contributed by atoms with Crippen LogP contribution in [-0.4, -0.2) is 5.54 Å². The number of aryl methyl sites for hydroxylation is 2. The van der Waals surface area contributed by atoms with Crippen LogP contribution < -0.4 is 5.36 Å². The van der Waals surface area contributed by atoms with Crippen LogP contribution in [0.3, 0.4) is 0 Å². The Kier molecular flexibility index (Phi) is 4.53. The van der Waals surface area contributed by atoms with E-state index >= 15 is 0 Å². The van der Waals surface area contributed by atoms with E-state index in [-0.39, 0.29) is 11.0 Å². The molecule has 0 atom stereocenters. The Morgan fingerprint density at radius 1 is 0.880 bits per heavy atom. The van der Waals surface area contributed by atoms with Crippen LogP contribution in [0.4, 0.5) is 0 Å². The SMILES string of the molecule is Cc1ccc2c(=NC(C)(C)CC(C)(C)C)c3ccccc3sc2c1C. The average molecular weight is 352 g/mol. The third-order valence-corrected chi connectivity index (χ3v) is 5.97. The fraction of sp³-hybridized carbons (Fsp3) is 0.435. The standard InChI is InChI=1S/C23H29NS/c1-15-12-13-18-20(24-23(6,7)14-22(3,4)5)17-10-8-9-11-19(17)25-21(18)16(15)2/h8-13H,14H2,1-7H3. The summed E-state index contributed by atoms with van der Waals surface area (Å²) in [5, 5.41) is 3.71. The zero-order chi connectivity index (χ0) is 18.4. The summed E-state index contributed by atoms with van der Waals surface area (Å²) >= 11 is 1.89. The van der Waals surface area contributed by atoms with E-state index in [4.69, 9.17) is 4.99 Å². The molecule has 0 saturated heterocycles. The highest BCUT2D eigenvalue weighted by atomic mass is 32.1. The molecule has 132 valence electrons. The van der Waals surface area contributed by atoms with Crippen LogP contribution in [0.15, 0.2) is 41.4 Å². The van der Waals surface area contributed by atoms with Gasteiger partial charge in [-0.25, -0.2) is 0 Å². The number of rotatable bonds is 2. The Bertz CT molecular complexity index is 1000. The summed E-state index contributed by atoms with van der Waals surface area (Å²) in [4.78, 5) is 5.31. The van der Waals surface area contributed by atoms with Crippen molar-refractivity contribution in [1.29, 1.82) is 0 Å². The monoisotopic (exact) mass is 351 g/mol. The third-order valence-electron chi connectivity index (χ3n) is 4.66. The minimum atomic E-state index is -0.0985. The van der Waals surface area contributed by atoms with Crippen molar-refractivity contribution in [2.45, 2.75) is 60.4 Å². The second-order valence-corrected chi connectivity index (χ2v) is 10.0. The van der Waals surface area contributed by atoms with Gasteiger partial charge in [-0.1, -0.05) is 51.1 Å². The predicted octanol–water partition coefficient (Wildman–Crippen LogP) is 6.79. The van der Waals surface area contributed by atoms with Crippen LogP contribution in [0, 0.1) is 19.3 Å². The molecule has 0 aliphatic rings. The number of hydrogen-bond acceptors (Lipinski definition) is 2. The lowest BCUT2D eigenvalue weighted by Gasteiger charge is -2.29. The van der Waals surface area contributed by atoms with E-state index in [1.54, 1.807) is 0 Å². The Morgan fingerprint density at radius 3 is 2.24 bits per heavy atom. The van der Waals surface area contributed by atoms with Crippen LogP contribution in [0.2, 0.25) is 0 Å². The lowest BCUT2D eigenvalue weighted by atomic mass is 9.82. The first-order valence-corrected chi connectivity index (χ1v) is 9.87. The molecule has 1 nitrogen and oxygen atoms in total. The van der Waals surface area contributed by atoms with Gasteiger partial charge in [-0.15, -0.1) is 11.3 Å². The molecule has 0 spiro atoms. The van der Waals surface area contributed by atoms with Crippen molar-refractivity contribution < 1.29 is 0 Å². The van der Waals surface area contributed by atoms with E-state index in [1.165, 1.54) is 31.3 Å². The van der Waals surface area contributed by atoms with E-state index in [0.29, 0.717) is 0 Å². The lowest BCUT2D eigenvalue weighted by molar-refractivity contribution is 0.285. The largest absolute Gasteiger partial charge is 0.278 e. The van der Waals surface area contributed by atoms with Gasteiger partial charge in [-0.05, 0) is 56.7 Å². The summed E-state index contributed by atoms with van der Waals surface area (Å²) in [6.07, 6.45) is 1.05. The van der Waals surface area contributed by atoms with E-state index in [2.05, 4.69) is 84.9 Å². The predicted molar refractivity (Wildman–Crippen MR) is 113 cm³/mol. The zero-order valence-corrected chi connectivity index (χ0v) is 17.3. The van der Waals surface area contributed by atoms with Gasteiger partial charge in [0.1, 0.15) is 0 Å². The van der Waals surface area contributed by atoms with Gasteiger partial charge in [0.2, 0.25) is 0 Å². The number of benzene rings is 2. The second kappa shape index (κ2) is 6.25. The summed E-state index contributed by atoms with van der Waals surface area (Å²) in [6.45, 7) is 15.8. The fourth-order valence-electron chi connectivity index (χ4n) is 3.87. The van der Waals surface area contributed by atoms with Gasteiger partial charge in [0.15, 0.2) is 0 Å². The molecule has 0 aliphatic carbocycles. The molecule has 0 bridgehead atoms. The Hall–Kier alpha value is -1.67. The second-order valence-electron chi connectivity index (χ2n) is 8.99. The molecule has 3 rings (SSSR count). The average Bonchev–Trinajstić information content (AvgIpc) is 2.48. The molecule has 0 saturated carbocycles. The summed E-state index contributed by atoms with van der Waals surface area (Å²) < 4.78 is 2.68. The van der Waals surface area contributed by atoms with Crippen molar-refractivity contribution in [2.75, 3.05) is 0 Å².